The summed E-state index contributed by atoms with van der Waals surface area (Å²) in [5, 5.41) is 12.5. The van der Waals surface area contributed by atoms with E-state index >= 15 is 0 Å². The minimum absolute atomic E-state index is 0.617. The molecule has 0 aliphatic heterocycles. The third-order valence-corrected chi connectivity index (χ3v) is 5.26. The lowest BCUT2D eigenvalue weighted by atomic mass is 10.1. The van der Waals surface area contributed by atoms with E-state index in [1.54, 1.807) is 6.20 Å². The zero-order valence-electron chi connectivity index (χ0n) is 15.2. The van der Waals surface area contributed by atoms with Gasteiger partial charge in [-0.3, -0.25) is 4.40 Å². The molecule has 0 unspecified atom stereocenters. The summed E-state index contributed by atoms with van der Waals surface area (Å²) in [6.45, 7) is 0.617. The van der Waals surface area contributed by atoms with E-state index in [0.29, 0.717) is 12.1 Å². The van der Waals surface area contributed by atoms with Gasteiger partial charge < -0.3 is 9.72 Å². The molecule has 0 bridgehead atoms. The molecule has 0 aliphatic carbocycles. The minimum atomic E-state index is 0.617. The van der Waals surface area contributed by atoms with Crippen LogP contribution in [0.2, 0.25) is 0 Å². The number of fused-ring (bicyclic) bond motifs is 2. The predicted molar refractivity (Wildman–Crippen MR) is 116 cm³/mol. The Morgan fingerprint density at radius 2 is 1.83 bits per heavy atom. The number of anilines is 1. The molecule has 0 aliphatic rings. The van der Waals surface area contributed by atoms with E-state index in [0.717, 1.165) is 38.4 Å². The first-order valence-electron chi connectivity index (χ1n) is 9.05. The van der Waals surface area contributed by atoms with Crippen molar-refractivity contribution < 1.29 is 0 Å². The number of nitrogens with zero attached hydrogens (tertiary/aromatic N) is 5. The fourth-order valence-corrected chi connectivity index (χ4v) is 3.67. The van der Waals surface area contributed by atoms with E-state index in [4.69, 9.17) is 10.2 Å². The highest BCUT2D eigenvalue weighted by Gasteiger charge is 2.15. The number of halogens is 1. The van der Waals surface area contributed by atoms with Gasteiger partial charge in [-0.1, -0.05) is 12.1 Å². The first-order chi connectivity index (χ1) is 14.2. The molecule has 0 saturated carbocycles. The van der Waals surface area contributed by atoms with Crippen molar-refractivity contribution in [3.8, 4) is 17.3 Å². The number of hydrogen-bond acceptors (Lipinski definition) is 4. The van der Waals surface area contributed by atoms with Crippen LogP contribution in [0, 0.1) is 11.3 Å². The maximum Gasteiger partial charge on any atom is 0.139 e. The number of benzene rings is 1. The number of nitrogens with one attached hydrogen (secondary N) is 1. The summed E-state index contributed by atoms with van der Waals surface area (Å²) in [7, 11) is 0. The highest BCUT2D eigenvalue weighted by molar-refractivity contribution is 9.10. The van der Waals surface area contributed by atoms with Crippen molar-refractivity contribution in [3.63, 3.8) is 0 Å². The van der Waals surface area contributed by atoms with Gasteiger partial charge in [0.05, 0.1) is 11.6 Å². The monoisotopic (exact) mass is 442 g/mol. The van der Waals surface area contributed by atoms with Crippen LogP contribution < -0.4 is 5.32 Å². The lowest BCUT2D eigenvalue weighted by molar-refractivity contribution is 1.08. The standard InChI is InChI=1S/C22H15BrN6/c23-18-6-8-20-27-21(17-5-7-19-25-9-10-28(19)13-17)22(29(20)14-18)26-12-16-3-1-15(11-24)2-4-16/h1-10,13-14,26H,12H2. The van der Waals surface area contributed by atoms with Gasteiger partial charge in [0.2, 0.25) is 0 Å². The summed E-state index contributed by atoms with van der Waals surface area (Å²) in [4.78, 5) is 9.17. The van der Waals surface area contributed by atoms with E-state index in [1.165, 1.54) is 0 Å². The Labute approximate surface area is 175 Å². The molecule has 5 rings (SSSR count). The Kier molecular flexibility index (Phi) is 4.26. The topological polar surface area (TPSA) is 70.4 Å². The lowest BCUT2D eigenvalue weighted by Gasteiger charge is -2.10. The van der Waals surface area contributed by atoms with Gasteiger partial charge in [-0.2, -0.15) is 5.26 Å². The van der Waals surface area contributed by atoms with Crippen molar-refractivity contribution in [3.05, 3.63) is 88.9 Å². The van der Waals surface area contributed by atoms with E-state index in [-0.39, 0.29) is 0 Å². The van der Waals surface area contributed by atoms with Gasteiger partial charge in [-0.25, -0.2) is 9.97 Å². The van der Waals surface area contributed by atoms with Crippen LogP contribution in [0.15, 0.2) is 77.8 Å². The molecule has 0 amide bonds. The summed E-state index contributed by atoms with van der Waals surface area (Å²) in [6.07, 6.45) is 7.74. The Morgan fingerprint density at radius 3 is 2.66 bits per heavy atom. The second-order valence-corrected chi connectivity index (χ2v) is 7.57. The third-order valence-electron chi connectivity index (χ3n) is 4.79. The van der Waals surface area contributed by atoms with Gasteiger partial charge in [0.25, 0.3) is 0 Å². The Balaban J connectivity index is 1.58. The van der Waals surface area contributed by atoms with Crippen LogP contribution in [-0.2, 0) is 6.54 Å². The average Bonchev–Trinajstić information content (AvgIpc) is 3.36. The summed E-state index contributed by atoms with van der Waals surface area (Å²) in [5.41, 5.74) is 5.36. The SMILES string of the molecule is N#Cc1ccc(CNc2c(-c3ccc4nccn4c3)nc3ccc(Br)cn23)cc1. The van der Waals surface area contributed by atoms with Crippen molar-refractivity contribution in [2.75, 3.05) is 5.32 Å². The van der Waals surface area contributed by atoms with Gasteiger partial charge in [-0.05, 0) is 57.9 Å². The van der Waals surface area contributed by atoms with Crippen LogP contribution in [0.25, 0.3) is 22.6 Å². The molecule has 1 aromatic carbocycles. The molecule has 0 spiro atoms. The first-order valence-corrected chi connectivity index (χ1v) is 9.84. The number of imidazole rings is 2. The first kappa shape index (κ1) is 17.5. The molecule has 4 heterocycles. The minimum Gasteiger partial charge on any atom is -0.365 e. The van der Waals surface area contributed by atoms with E-state index in [9.17, 15) is 0 Å². The quantitative estimate of drug-likeness (QED) is 0.429. The van der Waals surface area contributed by atoms with Gasteiger partial charge in [-0.15, -0.1) is 0 Å². The van der Waals surface area contributed by atoms with Crippen molar-refractivity contribution in [2.24, 2.45) is 0 Å². The normalized spacial score (nSPS) is 11.0. The number of aromatic nitrogens is 4. The smallest absolute Gasteiger partial charge is 0.139 e. The van der Waals surface area contributed by atoms with Crippen LogP contribution in [0.1, 0.15) is 11.1 Å². The summed E-state index contributed by atoms with van der Waals surface area (Å²) >= 11 is 3.55. The molecule has 29 heavy (non-hydrogen) atoms. The van der Waals surface area contributed by atoms with Crippen LogP contribution in [0.4, 0.5) is 5.82 Å². The molecule has 0 atom stereocenters. The number of pyridine rings is 2. The molecule has 7 heteroatoms. The summed E-state index contributed by atoms with van der Waals surface area (Å²) in [5.74, 6) is 0.908. The fraction of sp³-hybridized carbons (Fsp3) is 0.0455. The molecule has 0 radical (unpaired) electrons. The van der Waals surface area contributed by atoms with Gasteiger partial charge in [0, 0.05) is 41.4 Å². The van der Waals surface area contributed by atoms with Gasteiger partial charge in [0.1, 0.15) is 22.8 Å². The van der Waals surface area contributed by atoms with Crippen LogP contribution in [0.5, 0.6) is 0 Å². The zero-order chi connectivity index (χ0) is 19.8. The summed E-state index contributed by atoms with van der Waals surface area (Å²) < 4.78 is 5.00. The number of nitriles is 1. The van der Waals surface area contributed by atoms with Crippen LogP contribution >= 0.6 is 15.9 Å². The summed E-state index contributed by atoms with van der Waals surface area (Å²) in [6, 6.07) is 17.7. The third kappa shape index (κ3) is 3.24. The predicted octanol–water partition coefficient (Wildman–Crippen LogP) is 4.90. The average molecular weight is 443 g/mol. The van der Waals surface area contributed by atoms with E-state index < -0.39 is 0 Å². The molecule has 0 saturated heterocycles. The second-order valence-electron chi connectivity index (χ2n) is 6.66. The molecule has 6 nitrogen and oxygen atoms in total. The maximum atomic E-state index is 8.99. The maximum absolute atomic E-state index is 8.99. The van der Waals surface area contributed by atoms with E-state index in [2.05, 4.69) is 32.3 Å². The molecule has 1 N–H and O–H groups in total. The van der Waals surface area contributed by atoms with Gasteiger partial charge >= 0.3 is 0 Å². The van der Waals surface area contributed by atoms with Crippen molar-refractivity contribution >= 4 is 33.0 Å². The second kappa shape index (κ2) is 7.08. The van der Waals surface area contributed by atoms with Crippen LogP contribution in [-0.4, -0.2) is 18.8 Å². The number of rotatable bonds is 4. The Morgan fingerprint density at radius 1 is 1.00 bits per heavy atom. The molecular weight excluding hydrogens is 428 g/mol. The highest BCUT2D eigenvalue weighted by Crippen LogP contribution is 2.30. The molecule has 4 aromatic heterocycles. The van der Waals surface area contributed by atoms with Crippen molar-refractivity contribution in [1.82, 2.24) is 18.8 Å². The van der Waals surface area contributed by atoms with Crippen molar-refractivity contribution in [1.29, 1.82) is 5.26 Å². The molecular formula is C22H15BrN6. The molecule has 5 aromatic rings. The van der Waals surface area contributed by atoms with Crippen molar-refractivity contribution in [2.45, 2.75) is 6.54 Å². The lowest BCUT2D eigenvalue weighted by Crippen LogP contribution is -2.03. The van der Waals surface area contributed by atoms with Crippen LogP contribution in [0.3, 0.4) is 0 Å². The van der Waals surface area contributed by atoms with E-state index in [1.807, 2.05) is 75.9 Å². The molecule has 0 fully saturated rings. The fourth-order valence-electron chi connectivity index (χ4n) is 3.33. The highest BCUT2D eigenvalue weighted by atomic mass is 79.9. The largest absolute Gasteiger partial charge is 0.365 e. The molecule has 140 valence electrons. The Bertz CT molecular complexity index is 1370. The Hall–Kier alpha value is -3.63. The number of hydrogen-bond donors (Lipinski definition) is 1. The zero-order valence-corrected chi connectivity index (χ0v) is 16.8. The van der Waals surface area contributed by atoms with Gasteiger partial charge in [0.15, 0.2) is 0 Å².